The minimum absolute atomic E-state index is 0.0265. The Kier molecular flexibility index (Phi) is 6.68. The summed E-state index contributed by atoms with van der Waals surface area (Å²) in [6.45, 7) is 2.67. The van der Waals surface area contributed by atoms with Gasteiger partial charge in [0, 0.05) is 5.69 Å². The van der Waals surface area contributed by atoms with Crippen molar-refractivity contribution in [3.8, 4) is 17.6 Å². The van der Waals surface area contributed by atoms with E-state index in [9.17, 15) is 10.1 Å². The largest absolute Gasteiger partial charge is 0.493 e. The number of nitrogens with one attached hydrogen (secondary N) is 1. The Hall–Kier alpha value is -3.11. The highest BCUT2D eigenvalue weighted by Gasteiger charge is 2.34. The average molecular weight is 410 g/mol. The number of rotatable bonds is 7. The molecule has 1 unspecified atom stereocenters. The number of para-hydroxylation sites is 1. The van der Waals surface area contributed by atoms with E-state index < -0.39 is 12.1 Å². The Morgan fingerprint density at radius 2 is 1.97 bits per heavy atom. The molecule has 1 heterocycles. The first kappa shape index (κ1) is 20.6. The Labute approximate surface area is 176 Å². The van der Waals surface area contributed by atoms with Crippen LogP contribution in [0.2, 0.25) is 0 Å². The van der Waals surface area contributed by atoms with Gasteiger partial charge in [-0.25, -0.2) is 0 Å². The van der Waals surface area contributed by atoms with Crippen LogP contribution in [0.1, 0.15) is 31.5 Å². The molecule has 1 amide bonds. The minimum Gasteiger partial charge on any atom is -0.493 e. The van der Waals surface area contributed by atoms with Gasteiger partial charge >= 0.3 is 0 Å². The van der Waals surface area contributed by atoms with Crippen LogP contribution >= 0.6 is 12.6 Å². The van der Waals surface area contributed by atoms with E-state index in [-0.39, 0.29) is 5.57 Å². The van der Waals surface area contributed by atoms with Crippen molar-refractivity contribution < 1.29 is 14.3 Å². The fourth-order valence-electron chi connectivity index (χ4n) is 3.10. The predicted molar refractivity (Wildman–Crippen MR) is 115 cm³/mol. The van der Waals surface area contributed by atoms with E-state index >= 15 is 0 Å². The second-order valence-electron chi connectivity index (χ2n) is 6.50. The lowest BCUT2D eigenvalue weighted by Gasteiger charge is -2.38. The maximum Gasteiger partial charge on any atom is 0.266 e. The zero-order valence-corrected chi connectivity index (χ0v) is 17.3. The molecule has 0 radical (unpaired) electrons. The molecule has 150 valence electrons. The van der Waals surface area contributed by atoms with Crippen molar-refractivity contribution in [3.05, 3.63) is 64.7 Å². The molecule has 1 N–H and O–H groups in total. The Morgan fingerprint density at radius 1 is 1.21 bits per heavy atom. The molecular weight excluding hydrogens is 386 g/mol. The number of carbonyl (C=O) groups is 1. The first-order valence-corrected chi connectivity index (χ1v) is 9.84. The van der Waals surface area contributed by atoms with Gasteiger partial charge in [-0.15, -0.1) is 12.6 Å². The predicted octanol–water partition coefficient (Wildman–Crippen LogP) is 4.17. The third kappa shape index (κ3) is 4.33. The van der Waals surface area contributed by atoms with Gasteiger partial charge in [-0.1, -0.05) is 37.6 Å². The lowest BCUT2D eigenvalue weighted by Crippen LogP contribution is -2.46. The average Bonchev–Trinajstić information content (AvgIpc) is 2.74. The summed E-state index contributed by atoms with van der Waals surface area (Å²) in [5.41, 5.74) is 1.57. The summed E-state index contributed by atoms with van der Waals surface area (Å²) < 4.78 is 11.3. The zero-order valence-electron chi connectivity index (χ0n) is 16.4. The lowest BCUT2D eigenvalue weighted by molar-refractivity contribution is -0.118. The van der Waals surface area contributed by atoms with Crippen LogP contribution in [0.4, 0.5) is 5.69 Å². The van der Waals surface area contributed by atoms with Crippen molar-refractivity contribution in [2.75, 3.05) is 18.6 Å². The maximum atomic E-state index is 12.5. The molecule has 1 atom stereocenters. The van der Waals surface area contributed by atoms with Crippen LogP contribution in [-0.2, 0) is 4.79 Å². The highest BCUT2D eigenvalue weighted by Crippen LogP contribution is 2.38. The van der Waals surface area contributed by atoms with Crippen molar-refractivity contribution in [1.29, 1.82) is 5.26 Å². The highest BCUT2D eigenvalue weighted by atomic mass is 32.1. The van der Waals surface area contributed by atoms with Crippen molar-refractivity contribution in [2.45, 2.75) is 25.9 Å². The lowest BCUT2D eigenvalue weighted by atomic mass is 10.1. The molecule has 0 aliphatic carbocycles. The van der Waals surface area contributed by atoms with Crippen LogP contribution < -0.4 is 19.7 Å². The second-order valence-corrected chi connectivity index (χ2v) is 6.93. The van der Waals surface area contributed by atoms with Gasteiger partial charge in [0.25, 0.3) is 5.91 Å². The van der Waals surface area contributed by atoms with Crippen LogP contribution in [0.3, 0.4) is 0 Å². The number of nitriles is 1. The standard InChI is InChI=1S/C22H23N3O3S/c1-3-4-12-28-19-13-15(10-11-18(19)27-2)20-24-21(26)17(14-23)22(29)25(20)16-8-6-5-7-9-16/h5-11,13,20,29H,3-4,12H2,1-2H3,(H,24,26). The van der Waals surface area contributed by atoms with Gasteiger partial charge in [-0.05, 0) is 36.2 Å². The molecule has 0 saturated heterocycles. The monoisotopic (exact) mass is 409 g/mol. The fourth-order valence-corrected chi connectivity index (χ4v) is 3.48. The van der Waals surface area contributed by atoms with Crippen molar-refractivity contribution in [2.24, 2.45) is 0 Å². The number of anilines is 1. The number of thiol groups is 1. The topological polar surface area (TPSA) is 74.6 Å². The number of amides is 1. The summed E-state index contributed by atoms with van der Waals surface area (Å²) in [5.74, 6) is 0.771. The van der Waals surface area contributed by atoms with Crippen LogP contribution in [0, 0.1) is 11.3 Å². The number of unbranched alkanes of at least 4 members (excludes halogenated alkanes) is 1. The van der Waals surface area contributed by atoms with E-state index in [1.54, 1.807) is 7.11 Å². The first-order valence-electron chi connectivity index (χ1n) is 9.40. The minimum atomic E-state index is -0.547. The molecule has 0 fully saturated rings. The molecule has 7 heteroatoms. The van der Waals surface area contributed by atoms with E-state index in [0.29, 0.717) is 23.1 Å². The highest BCUT2D eigenvalue weighted by molar-refractivity contribution is 7.84. The number of nitrogens with zero attached hydrogens (tertiary/aromatic N) is 2. The van der Waals surface area contributed by atoms with E-state index in [1.807, 2.05) is 59.5 Å². The number of hydrogen-bond acceptors (Lipinski definition) is 6. The molecule has 2 aromatic rings. The number of methoxy groups -OCH3 is 1. The van der Waals surface area contributed by atoms with Crippen molar-refractivity contribution >= 4 is 24.2 Å². The zero-order chi connectivity index (χ0) is 20.8. The van der Waals surface area contributed by atoms with Gasteiger partial charge in [0.15, 0.2) is 11.5 Å². The van der Waals surface area contributed by atoms with E-state index in [1.165, 1.54) is 0 Å². The Bertz CT molecular complexity index is 954. The number of carbonyl (C=O) groups excluding carboxylic acids is 1. The summed E-state index contributed by atoms with van der Waals surface area (Å²) in [6, 6.07) is 17.0. The Morgan fingerprint density at radius 3 is 2.62 bits per heavy atom. The van der Waals surface area contributed by atoms with Gasteiger partial charge < -0.3 is 19.7 Å². The number of benzene rings is 2. The van der Waals surface area contributed by atoms with E-state index in [2.05, 4.69) is 24.9 Å². The van der Waals surface area contributed by atoms with Gasteiger partial charge in [0.05, 0.1) is 18.7 Å². The van der Waals surface area contributed by atoms with Gasteiger partial charge in [0.2, 0.25) is 0 Å². The first-order chi connectivity index (χ1) is 14.1. The molecule has 6 nitrogen and oxygen atoms in total. The van der Waals surface area contributed by atoms with Crippen molar-refractivity contribution in [3.63, 3.8) is 0 Å². The van der Waals surface area contributed by atoms with E-state index in [0.717, 1.165) is 24.1 Å². The van der Waals surface area contributed by atoms with Gasteiger partial charge in [0.1, 0.15) is 17.8 Å². The molecule has 0 saturated carbocycles. The SMILES string of the molecule is CCCCOc1cc(C2NC(=O)C(C#N)=C(S)N2c2ccccc2)ccc1OC. The van der Waals surface area contributed by atoms with Crippen LogP contribution in [0.15, 0.2) is 59.1 Å². The van der Waals surface area contributed by atoms with Crippen LogP contribution in [-0.4, -0.2) is 19.6 Å². The normalized spacial score (nSPS) is 16.3. The molecule has 1 aliphatic heterocycles. The maximum absolute atomic E-state index is 12.5. The van der Waals surface area contributed by atoms with Gasteiger partial charge in [-0.2, -0.15) is 5.26 Å². The van der Waals surface area contributed by atoms with Crippen LogP contribution in [0.25, 0.3) is 0 Å². The molecule has 3 rings (SSSR count). The Balaban J connectivity index is 2.06. The third-order valence-corrected chi connectivity index (χ3v) is 5.05. The number of hydrogen-bond donors (Lipinski definition) is 2. The summed E-state index contributed by atoms with van der Waals surface area (Å²) in [4.78, 5) is 14.3. The molecule has 0 bridgehead atoms. The second kappa shape index (κ2) is 9.39. The summed E-state index contributed by atoms with van der Waals surface area (Å²) >= 11 is 4.51. The summed E-state index contributed by atoms with van der Waals surface area (Å²) in [7, 11) is 1.59. The molecule has 1 aliphatic rings. The quantitative estimate of drug-likeness (QED) is 0.530. The van der Waals surface area contributed by atoms with Crippen LogP contribution in [0.5, 0.6) is 11.5 Å². The molecular formula is C22H23N3O3S. The molecule has 2 aromatic carbocycles. The van der Waals surface area contributed by atoms with E-state index in [4.69, 9.17) is 9.47 Å². The molecule has 29 heavy (non-hydrogen) atoms. The third-order valence-electron chi connectivity index (χ3n) is 4.61. The van der Waals surface area contributed by atoms with Crippen molar-refractivity contribution in [1.82, 2.24) is 5.32 Å². The van der Waals surface area contributed by atoms with Gasteiger partial charge in [-0.3, -0.25) is 4.79 Å². The summed E-state index contributed by atoms with van der Waals surface area (Å²) in [5, 5.41) is 12.6. The smallest absolute Gasteiger partial charge is 0.266 e. The molecule has 0 spiro atoms. The number of ether oxygens (including phenoxy) is 2. The summed E-state index contributed by atoms with van der Waals surface area (Å²) in [6.07, 6.45) is 1.40. The fraction of sp³-hybridized carbons (Fsp3) is 0.273. The molecule has 0 aromatic heterocycles.